The van der Waals surface area contributed by atoms with Crippen LogP contribution in [0.1, 0.15) is 36.0 Å². The third kappa shape index (κ3) is 3.70. The molecule has 0 fully saturated rings. The van der Waals surface area contributed by atoms with Gasteiger partial charge in [0.25, 0.3) is 5.91 Å². The van der Waals surface area contributed by atoms with E-state index in [0.29, 0.717) is 11.5 Å². The monoisotopic (exact) mass is 307 g/mol. The number of carbonyl (C=O) groups is 1. The third-order valence-electron chi connectivity index (χ3n) is 3.27. The van der Waals surface area contributed by atoms with Crippen LogP contribution in [-0.2, 0) is 0 Å². The Kier molecular flexibility index (Phi) is 5.00. The Bertz CT molecular complexity index is 442. The zero-order valence-corrected chi connectivity index (χ0v) is 11.9. The first kappa shape index (κ1) is 13.3. The van der Waals surface area contributed by atoms with E-state index in [9.17, 15) is 4.79 Å². The molecule has 96 valence electrons. The van der Waals surface area contributed by atoms with Gasteiger partial charge in [0.05, 0.1) is 5.56 Å². The van der Waals surface area contributed by atoms with Crippen LogP contribution in [0.15, 0.2) is 40.9 Å². The van der Waals surface area contributed by atoms with Gasteiger partial charge in [-0.3, -0.25) is 4.79 Å². The van der Waals surface area contributed by atoms with Gasteiger partial charge in [-0.1, -0.05) is 24.3 Å². The SMILES string of the molecule is O=C(NCCC1C=CCCC1)c1ccccc1Br. The average Bonchev–Trinajstić information content (AvgIpc) is 2.40. The Hall–Kier alpha value is -1.09. The summed E-state index contributed by atoms with van der Waals surface area (Å²) in [6.07, 6.45) is 9.31. The lowest BCUT2D eigenvalue weighted by atomic mass is 9.93. The number of amides is 1. The molecule has 1 atom stereocenters. The summed E-state index contributed by atoms with van der Waals surface area (Å²) in [4.78, 5) is 11.9. The van der Waals surface area contributed by atoms with E-state index in [1.165, 1.54) is 19.3 Å². The van der Waals surface area contributed by atoms with Crippen LogP contribution in [0.4, 0.5) is 0 Å². The van der Waals surface area contributed by atoms with Gasteiger partial charge in [0, 0.05) is 11.0 Å². The fourth-order valence-corrected chi connectivity index (χ4v) is 2.70. The van der Waals surface area contributed by atoms with Gasteiger partial charge in [-0.05, 0) is 59.7 Å². The number of rotatable bonds is 4. The maximum absolute atomic E-state index is 11.9. The van der Waals surface area contributed by atoms with Gasteiger partial charge in [0.2, 0.25) is 0 Å². The number of nitrogens with one attached hydrogen (secondary N) is 1. The van der Waals surface area contributed by atoms with E-state index in [4.69, 9.17) is 0 Å². The second-order valence-corrected chi connectivity index (χ2v) is 5.50. The summed E-state index contributed by atoms with van der Waals surface area (Å²) >= 11 is 3.39. The maximum atomic E-state index is 11.9. The topological polar surface area (TPSA) is 29.1 Å². The Morgan fingerprint density at radius 2 is 2.22 bits per heavy atom. The number of benzene rings is 1. The minimum absolute atomic E-state index is 0.00210. The van der Waals surface area contributed by atoms with Crippen LogP contribution < -0.4 is 5.32 Å². The Balaban J connectivity index is 1.80. The molecule has 0 radical (unpaired) electrons. The average molecular weight is 308 g/mol. The van der Waals surface area contributed by atoms with Gasteiger partial charge in [0.15, 0.2) is 0 Å². The van der Waals surface area contributed by atoms with Crippen LogP contribution in [0.5, 0.6) is 0 Å². The van der Waals surface area contributed by atoms with E-state index in [1.807, 2.05) is 24.3 Å². The molecular weight excluding hydrogens is 290 g/mol. The van der Waals surface area contributed by atoms with Crippen LogP contribution in [-0.4, -0.2) is 12.5 Å². The third-order valence-corrected chi connectivity index (χ3v) is 3.96. The molecule has 1 amide bonds. The molecule has 1 aromatic rings. The van der Waals surface area contributed by atoms with Gasteiger partial charge < -0.3 is 5.32 Å². The quantitative estimate of drug-likeness (QED) is 0.839. The predicted octanol–water partition coefficient (Wildman–Crippen LogP) is 3.93. The first-order valence-corrected chi connectivity index (χ1v) is 7.26. The zero-order chi connectivity index (χ0) is 12.8. The number of hydrogen-bond donors (Lipinski definition) is 1. The molecule has 1 aromatic carbocycles. The Morgan fingerprint density at radius 3 is 2.94 bits per heavy atom. The van der Waals surface area contributed by atoms with Crippen molar-refractivity contribution in [3.05, 3.63) is 46.5 Å². The molecule has 0 bridgehead atoms. The highest BCUT2D eigenvalue weighted by Crippen LogP contribution is 2.20. The van der Waals surface area contributed by atoms with Gasteiger partial charge in [-0.15, -0.1) is 0 Å². The fraction of sp³-hybridized carbons (Fsp3) is 0.400. The molecule has 0 aliphatic heterocycles. The lowest BCUT2D eigenvalue weighted by Crippen LogP contribution is -2.26. The summed E-state index contributed by atoms with van der Waals surface area (Å²) in [5.41, 5.74) is 0.705. The lowest BCUT2D eigenvalue weighted by molar-refractivity contribution is 0.0951. The molecule has 0 aromatic heterocycles. The van der Waals surface area contributed by atoms with Crippen molar-refractivity contribution >= 4 is 21.8 Å². The van der Waals surface area contributed by atoms with Crippen molar-refractivity contribution in [2.45, 2.75) is 25.7 Å². The summed E-state index contributed by atoms with van der Waals surface area (Å²) in [6, 6.07) is 7.51. The van der Waals surface area contributed by atoms with Crippen molar-refractivity contribution in [3.8, 4) is 0 Å². The normalized spacial score (nSPS) is 18.6. The lowest BCUT2D eigenvalue weighted by Gasteiger charge is -2.16. The van der Waals surface area contributed by atoms with E-state index >= 15 is 0 Å². The highest BCUT2D eigenvalue weighted by molar-refractivity contribution is 9.10. The molecule has 1 aliphatic rings. The second-order valence-electron chi connectivity index (χ2n) is 4.64. The van der Waals surface area contributed by atoms with Crippen molar-refractivity contribution in [2.75, 3.05) is 6.54 Å². The molecule has 3 heteroatoms. The Morgan fingerprint density at radius 1 is 1.39 bits per heavy atom. The molecule has 1 unspecified atom stereocenters. The summed E-state index contributed by atoms with van der Waals surface area (Å²) < 4.78 is 0.847. The number of hydrogen-bond acceptors (Lipinski definition) is 1. The second kappa shape index (κ2) is 6.74. The van der Waals surface area contributed by atoms with Gasteiger partial charge >= 0.3 is 0 Å². The summed E-state index contributed by atoms with van der Waals surface area (Å²) in [7, 11) is 0. The van der Waals surface area contributed by atoms with Crippen molar-refractivity contribution in [3.63, 3.8) is 0 Å². The van der Waals surface area contributed by atoms with Crippen LogP contribution >= 0.6 is 15.9 Å². The van der Waals surface area contributed by atoms with Gasteiger partial charge in [0.1, 0.15) is 0 Å². The first-order chi connectivity index (χ1) is 8.77. The molecule has 0 saturated carbocycles. The van der Waals surface area contributed by atoms with E-state index in [2.05, 4.69) is 33.4 Å². The molecule has 18 heavy (non-hydrogen) atoms. The van der Waals surface area contributed by atoms with Crippen LogP contribution in [0.25, 0.3) is 0 Å². The summed E-state index contributed by atoms with van der Waals surface area (Å²) in [6.45, 7) is 0.745. The Labute approximate surface area is 117 Å². The minimum atomic E-state index is 0.00210. The molecule has 0 spiro atoms. The number of allylic oxidation sites excluding steroid dienone is 2. The van der Waals surface area contributed by atoms with Gasteiger partial charge in [-0.25, -0.2) is 0 Å². The molecule has 1 aliphatic carbocycles. The molecule has 2 rings (SSSR count). The largest absolute Gasteiger partial charge is 0.352 e. The minimum Gasteiger partial charge on any atom is -0.352 e. The van der Waals surface area contributed by atoms with Crippen LogP contribution in [0.3, 0.4) is 0 Å². The standard InChI is InChI=1S/C15H18BrNO/c16-14-9-5-4-8-13(14)15(18)17-11-10-12-6-2-1-3-7-12/h2,4-6,8-9,12H,1,3,7,10-11H2,(H,17,18). The smallest absolute Gasteiger partial charge is 0.252 e. The first-order valence-electron chi connectivity index (χ1n) is 6.47. The van der Waals surface area contributed by atoms with Crippen molar-refractivity contribution < 1.29 is 4.79 Å². The van der Waals surface area contributed by atoms with Crippen molar-refractivity contribution in [1.82, 2.24) is 5.32 Å². The highest BCUT2D eigenvalue weighted by Gasteiger charge is 2.11. The summed E-state index contributed by atoms with van der Waals surface area (Å²) in [5.74, 6) is 0.639. The van der Waals surface area contributed by atoms with E-state index in [1.54, 1.807) is 0 Å². The van der Waals surface area contributed by atoms with Gasteiger partial charge in [-0.2, -0.15) is 0 Å². The molecule has 2 nitrogen and oxygen atoms in total. The number of carbonyl (C=O) groups excluding carboxylic acids is 1. The fourth-order valence-electron chi connectivity index (χ4n) is 2.24. The van der Waals surface area contributed by atoms with E-state index in [0.717, 1.165) is 17.4 Å². The zero-order valence-electron chi connectivity index (χ0n) is 10.4. The van der Waals surface area contributed by atoms with Crippen molar-refractivity contribution in [1.29, 1.82) is 0 Å². The van der Waals surface area contributed by atoms with E-state index in [-0.39, 0.29) is 5.91 Å². The van der Waals surface area contributed by atoms with Crippen LogP contribution in [0, 0.1) is 5.92 Å². The summed E-state index contributed by atoms with van der Waals surface area (Å²) in [5, 5.41) is 2.98. The highest BCUT2D eigenvalue weighted by atomic mass is 79.9. The van der Waals surface area contributed by atoms with Crippen LogP contribution in [0.2, 0.25) is 0 Å². The molecular formula is C15H18BrNO. The maximum Gasteiger partial charge on any atom is 0.252 e. The molecule has 0 saturated heterocycles. The van der Waals surface area contributed by atoms with Crippen molar-refractivity contribution in [2.24, 2.45) is 5.92 Å². The number of halogens is 1. The molecule has 1 N–H and O–H groups in total. The van der Waals surface area contributed by atoms with E-state index < -0.39 is 0 Å². The predicted molar refractivity (Wildman–Crippen MR) is 77.6 cm³/mol. The molecule has 0 heterocycles.